The monoisotopic (exact) mass is 377 g/mol. The van der Waals surface area contributed by atoms with Crippen molar-refractivity contribution >= 4 is 21.6 Å². The predicted molar refractivity (Wildman–Crippen MR) is 99.2 cm³/mol. The molecule has 1 saturated heterocycles. The molecule has 0 unspecified atom stereocenters. The molecule has 0 radical (unpaired) electrons. The van der Waals surface area contributed by atoms with Crippen LogP contribution in [0.4, 0.5) is 5.69 Å². The van der Waals surface area contributed by atoms with Crippen LogP contribution in [0.1, 0.15) is 34.6 Å². The molecule has 26 heavy (non-hydrogen) atoms. The number of H-pyrrole nitrogens is 1. The number of carbonyl (C=O) groups excluding carboxylic acids is 1. The lowest BCUT2D eigenvalue weighted by molar-refractivity contribution is 0.102. The number of hydrogen-bond acceptors (Lipinski definition) is 4. The number of sulfonamides is 1. The van der Waals surface area contributed by atoms with E-state index in [-0.39, 0.29) is 10.6 Å². The van der Waals surface area contributed by atoms with Crippen molar-refractivity contribution in [2.45, 2.75) is 31.6 Å². The van der Waals surface area contributed by atoms with Crippen LogP contribution in [0.25, 0.3) is 0 Å². The minimum Gasteiger partial charge on any atom is -0.495 e. The van der Waals surface area contributed by atoms with Crippen LogP contribution >= 0.6 is 0 Å². The molecule has 2 N–H and O–H groups in total. The highest BCUT2D eigenvalue weighted by molar-refractivity contribution is 7.89. The number of aromatic amines is 1. The summed E-state index contributed by atoms with van der Waals surface area (Å²) in [5, 5.41) is 2.78. The minimum atomic E-state index is -3.60. The predicted octanol–water partition coefficient (Wildman–Crippen LogP) is 2.68. The minimum absolute atomic E-state index is 0.199. The Balaban J connectivity index is 1.93. The Morgan fingerprint density at radius 2 is 1.85 bits per heavy atom. The van der Waals surface area contributed by atoms with E-state index in [9.17, 15) is 13.2 Å². The van der Waals surface area contributed by atoms with E-state index in [1.54, 1.807) is 38.1 Å². The number of carbonyl (C=O) groups is 1. The van der Waals surface area contributed by atoms with E-state index < -0.39 is 15.9 Å². The quantitative estimate of drug-likeness (QED) is 0.838. The fraction of sp³-hybridized carbons (Fsp3) is 0.389. The molecule has 0 spiro atoms. The van der Waals surface area contributed by atoms with Crippen molar-refractivity contribution in [1.29, 1.82) is 0 Å². The highest BCUT2D eigenvalue weighted by Crippen LogP contribution is 2.30. The topological polar surface area (TPSA) is 91.5 Å². The van der Waals surface area contributed by atoms with Gasteiger partial charge in [0.1, 0.15) is 16.3 Å². The number of hydrogen-bond donors (Lipinski definition) is 2. The first-order valence-electron chi connectivity index (χ1n) is 8.50. The van der Waals surface area contributed by atoms with Crippen LogP contribution in [0, 0.1) is 13.8 Å². The Kier molecular flexibility index (Phi) is 5.06. The van der Waals surface area contributed by atoms with Gasteiger partial charge in [-0.3, -0.25) is 4.79 Å². The highest BCUT2D eigenvalue weighted by atomic mass is 32.2. The number of amides is 1. The first kappa shape index (κ1) is 18.5. The van der Waals surface area contributed by atoms with Gasteiger partial charge in [0, 0.05) is 18.8 Å². The van der Waals surface area contributed by atoms with Gasteiger partial charge in [-0.2, -0.15) is 4.31 Å². The van der Waals surface area contributed by atoms with E-state index in [4.69, 9.17) is 4.74 Å². The van der Waals surface area contributed by atoms with Gasteiger partial charge < -0.3 is 15.0 Å². The van der Waals surface area contributed by atoms with E-state index >= 15 is 0 Å². The Morgan fingerprint density at radius 1 is 1.19 bits per heavy atom. The van der Waals surface area contributed by atoms with E-state index in [0.29, 0.717) is 35.8 Å². The number of aryl methyl sites for hydroxylation is 1. The van der Waals surface area contributed by atoms with Gasteiger partial charge in [0.15, 0.2) is 0 Å². The molecule has 8 heteroatoms. The first-order chi connectivity index (χ1) is 12.4. The zero-order valence-corrected chi connectivity index (χ0v) is 15.9. The molecule has 1 fully saturated rings. The van der Waals surface area contributed by atoms with Gasteiger partial charge >= 0.3 is 0 Å². The normalized spacial score (nSPS) is 15.2. The number of para-hydroxylation sites is 2. The molecule has 3 rings (SSSR count). The lowest BCUT2D eigenvalue weighted by Gasteiger charge is -2.16. The van der Waals surface area contributed by atoms with Gasteiger partial charge in [-0.25, -0.2) is 8.42 Å². The van der Waals surface area contributed by atoms with Crippen LogP contribution in [0.5, 0.6) is 5.75 Å². The SMILES string of the molecule is COc1ccccc1NC(=O)c1[nH]c(C)c(S(=O)(=O)N2CCCC2)c1C. The summed E-state index contributed by atoms with van der Waals surface area (Å²) in [4.78, 5) is 15.9. The molecule has 1 aromatic carbocycles. The average molecular weight is 377 g/mol. The van der Waals surface area contributed by atoms with Crippen molar-refractivity contribution < 1.29 is 17.9 Å². The summed E-state index contributed by atoms with van der Waals surface area (Å²) in [6, 6.07) is 7.06. The molecule has 1 amide bonds. The fourth-order valence-electron chi connectivity index (χ4n) is 3.34. The van der Waals surface area contributed by atoms with Crippen molar-refractivity contribution in [3.8, 4) is 5.75 Å². The summed E-state index contributed by atoms with van der Waals surface area (Å²) in [6.07, 6.45) is 1.73. The van der Waals surface area contributed by atoms with E-state index in [1.165, 1.54) is 11.4 Å². The summed E-state index contributed by atoms with van der Waals surface area (Å²) in [7, 11) is -2.08. The summed E-state index contributed by atoms with van der Waals surface area (Å²) in [5.74, 6) is 0.129. The summed E-state index contributed by atoms with van der Waals surface area (Å²) >= 11 is 0. The third kappa shape index (κ3) is 3.22. The highest BCUT2D eigenvalue weighted by Gasteiger charge is 2.33. The van der Waals surface area contributed by atoms with E-state index in [2.05, 4.69) is 10.3 Å². The van der Waals surface area contributed by atoms with Crippen molar-refractivity contribution in [1.82, 2.24) is 9.29 Å². The number of rotatable bonds is 5. The van der Waals surface area contributed by atoms with Gasteiger partial charge in [0.25, 0.3) is 5.91 Å². The first-order valence-corrected chi connectivity index (χ1v) is 9.94. The van der Waals surface area contributed by atoms with Crippen molar-refractivity contribution in [2.24, 2.45) is 0 Å². The number of benzene rings is 1. The zero-order valence-electron chi connectivity index (χ0n) is 15.1. The number of methoxy groups -OCH3 is 1. The van der Waals surface area contributed by atoms with Crippen LogP contribution in [0.2, 0.25) is 0 Å². The van der Waals surface area contributed by atoms with Crippen LogP contribution in [-0.2, 0) is 10.0 Å². The molecule has 7 nitrogen and oxygen atoms in total. The fourth-order valence-corrected chi connectivity index (χ4v) is 5.26. The molecule has 1 aliphatic rings. The molecule has 0 saturated carbocycles. The second kappa shape index (κ2) is 7.13. The molecular formula is C18H23N3O4S. The van der Waals surface area contributed by atoms with E-state index in [1.807, 2.05) is 0 Å². The number of aromatic nitrogens is 1. The second-order valence-electron chi connectivity index (χ2n) is 6.34. The Morgan fingerprint density at radius 3 is 2.50 bits per heavy atom. The summed E-state index contributed by atoms with van der Waals surface area (Å²) < 4.78 is 32.6. The van der Waals surface area contributed by atoms with Gasteiger partial charge in [0.2, 0.25) is 10.0 Å². The van der Waals surface area contributed by atoms with Crippen LogP contribution in [0.3, 0.4) is 0 Å². The molecule has 1 aliphatic heterocycles. The second-order valence-corrected chi connectivity index (χ2v) is 8.22. The smallest absolute Gasteiger partial charge is 0.272 e. The maximum absolute atomic E-state index is 12.9. The van der Waals surface area contributed by atoms with Crippen LogP contribution in [-0.4, -0.2) is 43.8 Å². The van der Waals surface area contributed by atoms with Gasteiger partial charge in [-0.05, 0) is 44.4 Å². The van der Waals surface area contributed by atoms with Crippen molar-refractivity contribution in [2.75, 3.05) is 25.5 Å². The van der Waals surface area contributed by atoms with Gasteiger partial charge in [0.05, 0.1) is 12.8 Å². The maximum Gasteiger partial charge on any atom is 0.272 e. The van der Waals surface area contributed by atoms with E-state index in [0.717, 1.165) is 12.8 Å². The standard InChI is InChI=1S/C18H23N3O4S/c1-12-16(18(22)20-14-8-4-5-9-15(14)25-3)19-13(2)17(12)26(23,24)21-10-6-7-11-21/h4-5,8-9,19H,6-7,10-11H2,1-3H3,(H,20,22). The van der Waals surface area contributed by atoms with Crippen LogP contribution in [0.15, 0.2) is 29.2 Å². The Labute approximate surface area is 153 Å². The number of ether oxygens (including phenoxy) is 1. The number of nitrogens with one attached hydrogen (secondary N) is 2. The third-order valence-corrected chi connectivity index (χ3v) is 6.79. The van der Waals surface area contributed by atoms with Gasteiger partial charge in [-0.1, -0.05) is 12.1 Å². The number of anilines is 1. The average Bonchev–Trinajstić information content (AvgIpc) is 3.24. The molecule has 0 bridgehead atoms. The third-order valence-electron chi connectivity index (χ3n) is 4.61. The van der Waals surface area contributed by atoms with Gasteiger partial charge in [-0.15, -0.1) is 0 Å². The molecule has 2 heterocycles. The number of nitrogens with zero attached hydrogens (tertiary/aromatic N) is 1. The Hall–Kier alpha value is -2.32. The summed E-state index contributed by atoms with van der Waals surface area (Å²) in [5.41, 5.74) is 1.67. The molecule has 1 aromatic heterocycles. The summed E-state index contributed by atoms with van der Waals surface area (Å²) in [6.45, 7) is 4.38. The lowest BCUT2D eigenvalue weighted by Crippen LogP contribution is -2.28. The maximum atomic E-state index is 12.9. The molecule has 2 aromatic rings. The lowest BCUT2D eigenvalue weighted by atomic mass is 10.2. The van der Waals surface area contributed by atoms with Crippen LogP contribution < -0.4 is 10.1 Å². The zero-order chi connectivity index (χ0) is 18.9. The largest absolute Gasteiger partial charge is 0.495 e. The van der Waals surface area contributed by atoms with Crippen molar-refractivity contribution in [3.63, 3.8) is 0 Å². The Bertz CT molecular complexity index is 928. The molecular weight excluding hydrogens is 354 g/mol. The molecule has 0 atom stereocenters. The molecule has 140 valence electrons. The molecule has 0 aliphatic carbocycles. The van der Waals surface area contributed by atoms with Crippen molar-refractivity contribution in [3.05, 3.63) is 41.2 Å².